The van der Waals surface area contributed by atoms with E-state index >= 15 is 0 Å². The number of hydrogen-bond acceptors (Lipinski definition) is 5. The number of oxazole rings is 1. The van der Waals surface area contributed by atoms with Crippen LogP contribution in [0.3, 0.4) is 0 Å². The van der Waals surface area contributed by atoms with Crippen LogP contribution >= 0.6 is 0 Å². The molecule has 0 fully saturated rings. The maximum absolute atomic E-state index is 13.4. The van der Waals surface area contributed by atoms with Crippen molar-refractivity contribution < 1.29 is 13.5 Å². The molecule has 0 aliphatic carbocycles. The predicted molar refractivity (Wildman–Crippen MR) is 73.9 cm³/mol. The SMILES string of the molecule is N#Cc1c(F)cccc1OCc1nc2c(N)cccc2o1. The third-order valence-electron chi connectivity index (χ3n) is 2.93. The maximum atomic E-state index is 13.4. The summed E-state index contributed by atoms with van der Waals surface area (Å²) in [5, 5.41) is 8.92. The minimum absolute atomic E-state index is 0.0216. The monoisotopic (exact) mass is 283 g/mol. The van der Waals surface area contributed by atoms with Crippen LogP contribution in [0.1, 0.15) is 11.5 Å². The smallest absolute Gasteiger partial charge is 0.233 e. The van der Waals surface area contributed by atoms with Crippen LogP contribution in [0.4, 0.5) is 10.1 Å². The van der Waals surface area contributed by atoms with Crippen molar-refractivity contribution in [2.75, 3.05) is 5.73 Å². The van der Waals surface area contributed by atoms with Gasteiger partial charge in [0.2, 0.25) is 5.89 Å². The number of nitriles is 1. The minimum Gasteiger partial charge on any atom is -0.482 e. The van der Waals surface area contributed by atoms with Crippen molar-refractivity contribution in [3.63, 3.8) is 0 Å². The molecule has 0 unspecified atom stereocenters. The van der Waals surface area contributed by atoms with Gasteiger partial charge in [0, 0.05) is 0 Å². The highest BCUT2D eigenvalue weighted by atomic mass is 19.1. The van der Waals surface area contributed by atoms with Crippen LogP contribution in [0.15, 0.2) is 40.8 Å². The third-order valence-corrected chi connectivity index (χ3v) is 2.93. The number of hydrogen-bond donors (Lipinski definition) is 1. The molecule has 2 aromatic carbocycles. The van der Waals surface area contributed by atoms with Crippen molar-refractivity contribution in [1.29, 1.82) is 5.26 Å². The second kappa shape index (κ2) is 5.13. The van der Waals surface area contributed by atoms with Gasteiger partial charge in [0.15, 0.2) is 12.2 Å². The summed E-state index contributed by atoms with van der Waals surface area (Å²) in [7, 11) is 0. The van der Waals surface area contributed by atoms with Crippen LogP contribution in [0.5, 0.6) is 5.75 Å². The number of anilines is 1. The number of fused-ring (bicyclic) bond motifs is 1. The summed E-state index contributed by atoms with van der Waals surface area (Å²) in [6, 6.07) is 11.2. The first-order valence-corrected chi connectivity index (χ1v) is 6.14. The first kappa shape index (κ1) is 12.9. The molecule has 0 saturated carbocycles. The van der Waals surface area contributed by atoms with Crippen molar-refractivity contribution in [3.05, 3.63) is 53.7 Å². The molecule has 2 N–H and O–H groups in total. The van der Waals surface area contributed by atoms with Gasteiger partial charge in [0.1, 0.15) is 28.7 Å². The Hall–Kier alpha value is -3.07. The topological polar surface area (TPSA) is 85.1 Å². The summed E-state index contributed by atoms with van der Waals surface area (Å²) in [6.07, 6.45) is 0. The second-order valence-electron chi connectivity index (χ2n) is 4.32. The molecule has 0 aliphatic heterocycles. The van der Waals surface area contributed by atoms with Gasteiger partial charge >= 0.3 is 0 Å². The fraction of sp³-hybridized carbons (Fsp3) is 0.0667. The van der Waals surface area contributed by atoms with Gasteiger partial charge < -0.3 is 14.9 Å². The summed E-state index contributed by atoms with van der Waals surface area (Å²) >= 11 is 0. The highest BCUT2D eigenvalue weighted by Gasteiger charge is 2.12. The molecule has 1 aromatic heterocycles. The molecular formula is C15H10FN3O2. The zero-order valence-corrected chi connectivity index (χ0v) is 10.8. The maximum Gasteiger partial charge on any atom is 0.233 e. The van der Waals surface area contributed by atoms with Gasteiger partial charge in [-0.25, -0.2) is 9.37 Å². The van der Waals surface area contributed by atoms with Gasteiger partial charge in [-0.15, -0.1) is 0 Å². The Morgan fingerprint density at radius 1 is 1.29 bits per heavy atom. The summed E-state index contributed by atoms with van der Waals surface area (Å²) in [5.41, 5.74) is 7.25. The van der Waals surface area contributed by atoms with E-state index in [1.807, 2.05) is 0 Å². The zero-order chi connectivity index (χ0) is 14.8. The predicted octanol–water partition coefficient (Wildman–Crippen LogP) is 3.00. The Morgan fingerprint density at radius 2 is 2.10 bits per heavy atom. The fourth-order valence-corrected chi connectivity index (χ4v) is 1.95. The third kappa shape index (κ3) is 2.37. The number of nitrogens with two attached hydrogens (primary N) is 1. The Labute approximate surface area is 119 Å². The van der Waals surface area contributed by atoms with Crippen LogP contribution in [-0.2, 0) is 6.61 Å². The van der Waals surface area contributed by atoms with Crippen LogP contribution in [-0.4, -0.2) is 4.98 Å². The highest BCUT2D eigenvalue weighted by molar-refractivity contribution is 5.85. The van der Waals surface area contributed by atoms with E-state index in [-0.39, 0.29) is 17.9 Å². The van der Waals surface area contributed by atoms with E-state index in [1.165, 1.54) is 18.2 Å². The molecule has 6 heteroatoms. The van der Waals surface area contributed by atoms with E-state index in [9.17, 15) is 4.39 Å². The Bertz CT molecular complexity index is 852. The largest absolute Gasteiger partial charge is 0.482 e. The molecule has 0 spiro atoms. The van der Waals surface area contributed by atoms with Crippen molar-refractivity contribution in [2.45, 2.75) is 6.61 Å². The summed E-state index contributed by atoms with van der Waals surface area (Å²) < 4.78 is 24.3. The molecule has 0 aliphatic rings. The van der Waals surface area contributed by atoms with E-state index in [4.69, 9.17) is 20.1 Å². The lowest BCUT2D eigenvalue weighted by Crippen LogP contribution is -1.99. The van der Waals surface area contributed by atoms with Crippen LogP contribution in [0.25, 0.3) is 11.1 Å². The highest BCUT2D eigenvalue weighted by Crippen LogP contribution is 2.24. The van der Waals surface area contributed by atoms with Crippen LogP contribution < -0.4 is 10.5 Å². The van der Waals surface area contributed by atoms with Crippen molar-refractivity contribution in [1.82, 2.24) is 4.98 Å². The lowest BCUT2D eigenvalue weighted by Gasteiger charge is -2.05. The van der Waals surface area contributed by atoms with Crippen molar-refractivity contribution >= 4 is 16.8 Å². The first-order valence-electron chi connectivity index (χ1n) is 6.14. The lowest BCUT2D eigenvalue weighted by molar-refractivity contribution is 0.265. The number of nitrogen functional groups attached to an aromatic ring is 1. The van der Waals surface area contributed by atoms with Gasteiger partial charge in [0.05, 0.1) is 5.69 Å². The molecule has 5 nitrogen and oxygen atoms in total. The summed E-state index contributed by atoms with van der Waals surface area (Å²) in [5.74, 6) is -0.180. The number of benzene rings is 2. The van der Waals surface area contributed by atoms with E-state index in [0.29, 0.717) is 22.7 Å². The van der Waals surface area contributed by atoms with Crippen molar-refractivity contribution in [2.24, 2.45) is 0 Å². The molecule has 0 atom stereocenters. The summed E-state index contributed by atoms with van der Waals surface area (Å²) in [4.78, 5) is 4.21. The van der Waals surface area contributed by atoms with Gasteiger partial charge in [-0.1, -0.05) is 12.1 Å². The summed E-state index contributed by atoms with van der Waals surface area (Å²) in [6.45, 7) is -0.0216. The lowest BCUT2D eigenvalue weighted by atomic mass is 10.2. The molecule has 0 bridgehead atoms. The average molecular weight is 283 g/mol. The number of nitrogens with zero attached hydrogens (tertiary/aromatic N) is 2. The minimum atomic E-state index is -0.628. The number of halogens is 1. The van der Waals surface area contributed by atoms with E-state index < -0.39 is 5.82 Å². The quantitative estimate of drug-likeness (QED) is 0.747. The Kier molecular flexibility index (Phi) is 3.16. The van der Waals surface area contributed by atoms with Gasteiger partial charge in [-0.2, -0.15) is 5.26 Å². The number of para-hydroxylation sites is 1. The molecule has 1 heterocycles. The average Bonchev–Trinajstić information content (AvgIpc) is 2.90. The fourth-order valence-electron chi connectivity index (χ4n) is 1.95. The second-order valence-corrected chi connectivity index (χ2v) is 4.32. The van der Waals surface area contributed by atoms with Gasteiger partial charge in [-0.3, -0.25) is 0 Å². The van der Waals surface area contributed by atoms with E-state index in [2.05, 4.69) is 4.98 Å². The number of rotatable bonds is 3. The molecule has 3 rings (SSSR count). The normalized spacial score (nSPS) is 10.5. The molecule has 3 aromatic rings. The van der Waals surface area contributed by atoms with Gasteiger partial charge in [0.25, 0.3) is 0 Å². The van der Waals surface area contributed by atoms with Gasteiger partial charge in [-0.05, 0) is 24.3 Å². The zero-order valence-electron chi connectivity index (χ0n) is 10.8. The number of ether oxygens (including phenoxy) is 1. The molecule has 0 radical (unpaired) electrons. The number of aromatic nitrogens is 1. The molecule has 104 valence electrons. The van der Waals surface area contributed by atoms with Crippen LogP contribution in [0, 0.1) is 17.1 Å². The molecule has 0 saturated heterocycles. The van der Waals surface area contributed by atoms with E-state index in [1.54, 1.807) is 24.3 Å². The first-order chi connectivity index (χ1) is 10.2. The van der Waals surface area contributed by atoms with Crippen LogP contribution in [0.2, 0.25) is 0 Å². The Balaban J connectivity index is 1.86. The van der Waals surface area contributed by atoms with E-state index in [0.717, 1.165) is 0 Å². The molecule has 21 heavy (non-hydrogen) atoms. The Morgan fingerprint density at radius 3 is 2.86 bits per heavy atom. The molecular weight excluding hydrogens is 273 g/mol. The van der Waals surface area contributed by atoms with Crippen molar-refractivity contribution in [3.8, 4) is 11.8 Å². The molecule has 0 amide bonds. The standard InChI is InChI=1S/C15H10FN3O2/c16-10-3-1-5-12(9(10)7-17)20-8-14-19-15-11(18)4-2-6-13(15)21-14/h1-6H,8,18H2.